The number of aryl methyl sites for hydroxylation is 1. The fraction of sp³-hybridized carbons (Fsp3) is 0.348. The van der Waals surface area contributed by atoms with Gasteiger partial charge in [0.25, 0.3) is 16.1 Å². The van der Waals surface area contributed by atoms with E-state index in [0.717, 1.165) is 30.6 Å². The van der Waals surface area contributed by atoms with E-state index in [1.54, 1.807) is 24.3 Å². The van der Waals surface area contributed by atoms with Crippen molar-refractivity contribution in [2.75, 3.05) is 31.1 Å². The number of ether oxygens (including phenoxy) is 1. The zero-order valence-electron chi connectivity index (χ0n) is 18.6. The Bertz CT molecular complexity index is 1210. The second-order valence-corrected chi connectivity index (χ2v) is 9.44. The van der Waals surface area contributed by atoms with Crippen molar-refractivity contribution in [1.82, 2.24) is 4.98 Å². The summed E-state index contributed by atoms with van der Waals surface area (Å²) < 4.78 is 53.4. The van der Waals surface area contributed by atoms with Gasteiger partial charge in [0.1, 0.15) is 17.9 Å². The molecule has 1 aliphatic rings. The van der Waals surface area contributed by atoms with E-state index in [9.17, 15) is 12.8 Å². The van der Waals surface area contributed by atoms with Crippen molar-refractivity contribution in [3.63, 3.8) is 0 Å². The second-order valence-electron chi connectivity index (χ2n) is 8.01. The fourth-order valence-electron chi connectivity index (χ4n) is 3.25. The molecular weight excluding hydrogens is 449 g/mol. The molecule has 0 saturated carbocycles. The lowest BCUT2D eigenvalue weighted by molar-refractivity contribution is 0.347. The monoisotopic (exact) mass is 477 g/mol. The van der Waals surface area contributed by atoms with Crippen LogP contribution in [0.3, 0.4) is 0 Å². The molecule has 1 atom stereocenters. The molecule has 3 aromatic rings. The van der Waals surface area contributed by atoms with E-state index in [0.29, 0.717) is 35.2 Å². The quantitative estimate of drug-likeness (QED) is 0.509. The van der Waals surface area contributed by atoms with Crippen molar-refractivity contribution in [3.8, 4) is 5.75 Å². The molecule has 8 nitrogen and oxygen atoms in total. The molecule has 0 spiro atoms. The molecular formula is C23H28FN3O5S. The van der Waals surface area contributed by atoms with E-state index in [-0.39, 0.29) is 18.0 Å². The van der Waals surface area contributed by atoms with Crippen LogP contribution in [0.4, 0.5) is 10.4 Å². The standard InChI is InChI=1S/C16H20FN3O2.C7H8O3S/c1-11-4-5-20(9-11)16-19-14-3-2-13(6-15(14)22-16)21-10-12(7-17)8-18;1-6-2-4-7(5-3-6)11(8,9)10/h2-3,6-7,11H,4-5,8-10,18H2,1H3;2-5H,1H3,(H,8,9,10)/b12-7-;. The first kappa shape index (κ1) is 24.7. The number of oxazole rings is 1. The Morgan fingerprint density at radius 1 is 1.33 bits per heavy atom. The highest BCUT2D eigenvalue weighted by Crippen LogP contribution is 2.29. The largest absolute Gasteiger partial charge is 0.489 e. The number of aromatic nitrogens is 1. The van der Waals surface area contributed by atoms with Gasteiger partial charge < -0.3 is 19.8 Å². The van der Waals surface area contributed by atoms with Gasteiger partial charge >= 0.3 is 0 Å². The van der Waals surface area contributed by atoms with Gasteiger partial charge in [0.15, 0.2) is 5.58 Å². The first-order chi connectivity index (χ1) is 15.7. The van der Waals surface area contributed by atoms with Gasteiger partial charge in [-0.2, -0.15) is 13.4 Å². The maximum absolute atomic E-state index is 12.5. The van der Waals surface area contributed by atoms with Crippen LogP contribution in [0.2, 0.25) is 0 Å². The third-order valence-corrected chi connectivity index (χ3v) is 6.07. The van der Waals surface area contributed by atoms with Crippen LogP contribution >= 0.6 is 0 Å². The summed E-state index contributed by atoms with van der Waals surface area (Å²) in [5.41, 5.74) is 8.23. The Balaban J connectivity index is 0.000000235. The van der Waals surface area contributed by atoms with Gasteiger partial charge in [-0.15, -0.1) is 0 Å². The average molecular weight is 478 g/mol. The molecule has 0 bridgehead atoms. The van der Waals surface area contributed by atoms with E-state index in [1.807, 2.05) is 13.0 Å². The SMILES string of the molecule is CC1CCN(c2nc3ccc(OC/C(=C\F)CN)cc3o2)C1.Cc1ccc(S(=O)(=O)O)cc1. The molecule has 1 fully saturated rings. The van der Waals surface area contributed by atoms with Gasteiger partial charge in [-0.3, -0.25) is 4.55 Å². The number of rotatable bonds is 6. The predicted octanol–water partition coefficient (Wildman–Crippen LogP) is 4.11. The number of fused-ring (bicyclic) bond motifs is 1. The Labute approximate surface area is 192 Å². The van der Waals surface area contributed by atoms with Crippen molar-refractivity contribution >= 4 is 27.2 Å². The maximum Gasteiger partial charge on any atom is 0.298 e. The Morgan fingerprint density at radius 3 is 2.64 bits per heavy atom. The predicted molar refractivity (Wildman–Crippen MR) is 125 cm³/mol. The smallest absolute Gasteiger partial charge is 0.298 e. The topological polar surface area (TPSA) is 119 Å². The lowest BCUT2D eigenvalue weighted by Gasteiger charge is -2.11. The summed E-state index contributed by atoms with van der Waals surface area (Å²) in [6.45, 7) is 6.27. The van der Waals surface area contributed by atoms with Crippen molar-refractivity contribution in [2.45, 2.75) is 25.2 Å². The molecule has 0 amide bonds. The first-order valence-electron chi connectivity index (χ1n) is 10.5. The van der Waals surface area contributed by atoms with Crippen molar-refractivity contribution in [2.24, 2.45) is 11.7 Å². The van der Waals surface area contributed by atoms with Gasteiger partial charge in [0, 0.05) is 31.3 Å². The average Bonchev–Trinajstić information content (AvgIpc) is 3.40. The summed E-state index contributed by atoms with van der Waals surface area (Å²) in [4.78, 5) is 6.60. The molecule has 1 aliphatic heterocycles. The van der Waals surface area contributed by atoms with E-state index in [2.05, 4.69) is 16.8 Å². The Morgan fingerprint density at radius 2 is 2.06 bits per heavy atom. The molecule has 1 saturated heterocycles. The van der Waals surface area contributed by atoms with E-state index >= 15 is 0 Å². The van der Waals surface area contributed by atoms with Crippen molar-refractivity contribution in [1.29, 1.82) is 0 Å². The number of benzene rings is 2. The number of anilines is 1. The van der Waals surface area contributed by atoms with E-state index in [4.69, 9.17) is 19.4 Å². The molecule has 33 heavy (non-hydrogen) atoms. The number of hydrogen-bond acceptors (Lipinski definition) is 7. The number of nitrogens with zero attached hydrogens (tertiary/aromatic N) is 2. The fourth-order valence-corrected chi connectivity index (χ4v) is 3.73. The van der Waals surface area contributed by atoms with Crippen molar-refractivity contribution < 1.29 is 26.5 Å². The zero-order valence-corrected chi connectivity index (χ0v) is 19.4. The molecule has 1 aromatic heterocycles. The van der Waals surface area contributed by atoms with Gasteiger partial charge in [-0.05, 0) is 43.5 Å². The van der Waals surface area contributed by atoms with Gasteiger partial charge in [-0.1, -0.05) is 24.6 Å². The summed E-state index contributed by atoms with van der Waals surface area (Å²) in [6, 6.07) is 12.1. The lowest BCUT2D eigenvalue weighted by Crippen LogP contribution is -2.19. The molecule has 3 N–H and O–H groups in total. The third kappa shape index (κ3) is 6.77. The van der Waals surface area contributed by atoms with Crippen LogP contribution in [0.5, 0.6) is 5.75 Å². The highest BCUT2D eigenvalue weighted by Gasteiger charge is 2.23. The zero-order chi connectivity index (χ0) is 24.0. The molecule has 10 heteroatoms. The van der Waals surface area contributed by atoms with Crippen LogP contribution in [0.25, 0.3) is 11.1 Å². The van der Waals surface area contributed by atoms with Gasteiger partial charge in [-0.25, -0.2) is 4.39 Å². The summed E-state index contributed by atoms with van der Waals surface area (Å²) >= 11 is 0. The lowest BCUT2D eigenvalue weighted by atomic mass is 10.2. The van der Waals surface area contributed by atoms with Crippen LogP contribution in [0.15, 0.2) is 63.7 Å². The molecule has 2 aromatic carbocycles. The Hall–Kier alpha value is -2.95. The molecule has 2 heterocycles. The van der Waals surface area contributed by atoms with Crippen LogP contribution in [-0.2, 0) is 10.1 Å². The molecule has 0 aliphatic carbocycles. The molecule has 1 unspecified atom stereocenters. The summed E-state index contributed by atoms with van der Waals surface area (Å²) in [5, 5.41) is 0. The second kappa shape index (κ2) is 10.8. The number of halogens is 1. The van der Waals surface area contributed by atoms with Crippen LogP contribution in [-0.4, -0.2) is 44.2 Å². The summed E-state index contributed by atoms with van der Waals surface area (Å²) in [7, 11) is -4.02. The van der Waals surface area contributed by atoms with E-state index < -0.39 is 10.1 Å². The minimum absolute atomic E-state index is 0.0666. The van der Waals surface area contributed by atoms with E-state index in [1.165, 1.54) is 12.1 Å². The maximum atomic E-state index is 12.5. The first-order valence-corrected chi connectivity index (χ1v) is 11.9. The molecule has 4 rings (SSSR count). The highest BCUT2D eigenvalue weighted by atomic mass is 32.2. The van der Waals surface area contributed by atoms with Crippen LogP contribution < -0.4 is 15.4 Å². The summed E-state index contributed by atoms with van der Waals surface area (Å²) in [6.07, 6.45) is 1.64. The van der Waals surface area contributed by atoms with Crippen molar-refractivity contribution in [3.05, 3.63) is 59.9 Å². The van der Waals surface area contributed by atoms with Crippen LogP contribution in [0, 0.1) is 12.8 Å². The molecule has 0 radical (unpaired) electrons. The molecule has 178 valence electrons. The number of hydrogen-bond donors (Lipinski definition) is 2. The third-order valence-electron chi connectivity index (χ3n) is 5.20. The summed E-state index contributed by atoms with van der Waals surface area (Å²) in [5.74, 6) is 1.27. The van der Waals surface area contributed by atoms with Gasteiger partial charge in [0.05, 0.1) is 11.2 Å². The minimum atomic E-state index is -4.02. The highest BCUT2D eigenvalue weighted by molar-refractivity contribution is 7.85. The normalized spacial score (nSPS) is 16.6. The number of nitrogens with two attached hydrogens (primary N) is 1. The van der Waals surface area contributed by atoms with Crippen LogP contribution in [0.1, 0.15) is 18.9 Å². The van der Waals surface area contributed by atoms with Gasteiger partial charge in [0.2, 0.25) is 0 Å². The Kier molecular flexibility index (Phi) is 8.06. The minimum Gasteiger partial charge on any atom is -0.489 e.